The molecule has 0 aromatic carbocycles. The summed E-state index contributed by atoms with van der Waals surface area (Å²) in [6, 6.07) is 0. The van der Waals surface area contributed by atoms with Crippen LogP contribution in [0.3, 0.4) is 0 Å². The molecule has 2 aliphatic rings. The Hall–Kier alpha value is -0.610. The fourth-order valence-corrected chi connectivity index (χ4v) is 3.28. The standard InChI is InChI=1S/C15H27NO3/c1-11(13-5-7-19-8-6-13)15(18)16-10-12-3-2-4-14(17)9-12/h11-14,17H,2-10H2,1H3,(H,16,18). The second-order valence-electron chi connectivity index (χ2n) is 6.17. The van der Waals surface area contributed by atoms with Gasteiger partial charge in [0.05, 0.1) is 6.10 Å². The van der Waals surface area contributed by atoms with Crippen LogP contribution in [0.1, 0.15) is 45.4 Å². The number of rotatable bonds is 4. The molecule has 3 atom stereocenters. The first kappa shape index (κ1) is 14.8. The maximum Gasteiger partial charge on any atom is 0.223 e. The molecule has 1 amide bonds. The molecular formula is C15H27NO3. The van der Waals surface area contributed by atoms with Gasteiger partial charge >= 0.3 is 0 Å². The van der Waals surface area contributed by atoms with E-state index in [1.165, 1.54) is 0 Å². The normalized spacial score (nSPS) is 30.8. The van der Waals surface area contributed by atoms with Crippen molar-refractivity contribution in [3.8, 4) is 0 Å². The highest BCUT2D eigenvalue weighted by molar-refractivity contribution is 5.78. The van der Waals surface area contributed by atoms with Crippen LogP contribution >= 0.6 is 0 Å². The second-order valence-corrected chi connectivity index (χ2v) is 6.17. The van der Waals surface area contributed by atoms with Gasteiger partial charge in [0.25, 0.3) is 0 Å². The van der Waals surface area contributed by atoms with Gasteiger partial charge in [-0.1, -0.05) is 13.3 Å². The van der Waals surface area contributed by atoms with E-state index in [2.05, 4.69) is 5.32 Å². The summed E-state index contributed by atoms with van der Waals surface area (Å²) < 4.78 is 5.34. The summed E-state index contributed by atoms with van der Waals surface area (Å²) in [5.41, 5.74) is 0. The van der Waals surface area contributed by atoms with E-state index < -0.39 is 0 Å². The topological polar surface area (TPSA) is 58.6 Å². The van der Waals surface area contributed by atoms with Gasteiger partial charge in [0, 0.05) is 25.7 Å². The largest absolute Gasteiger partial charge is 0.393 e. The molecule has 2 N–H and O–H groups in total. The van der Waals surface area contributed by atoms with Gasteiger partial charge in [-0.3, -0.25) is 4.79 Å². The molecular weight excluding hydrogens is 242 g/mol. The monoisotopic (exact) mass is 269 g/mol. The Bertz CT molecular complexity index is 289. The average molecular weight is 269 g/mol. The molecule has 0 bridgehead atoms. The molecule has 110 valence electrons. The third-order valence-electron chi connectivity index (χ3n) is 4.71. The number of amides is 1. The maximum atomic E-state index is 12.2. The van der Waals surface area contributed by atoms with Crippen molar-refractivity contribution < 1.29 is 14.6 Å². The summed E-state index contributed by atoms with van der Waals surface area (Å²) in [5.74, 6) is 1.17. The number of ether oxygens (including phenoxy) is 1. The summed E-state index contributed by atoms with van der Waals surface area (Å²) in [6.07, 6.45) is 5.80. The first-order valence-corrected chi connectivity index (χ1v) is 7.70. The molecule has 2 fully saturated rings. The molecule has 4 nitrogen and oxygen atoms in total. The molecule has 19 heavy (non-hydrogen) atoms. The minimum absolute atomic E-state index is 0.0809. The highest BCUT2D eigenvalue weighted by Crippen LogP contribution is 2.25. The quantitative estimate of drug-likeness (QED) is 0.817. The Kier molecular flexibility index (Phi) is 5.64. The molecule has 3 unspecified atom stereocenters. The van der Waals surface area contributed by atoms with Crippen molar-refractivity contribution in [1.29, 1.82) is 0 Å². The van der Waals surface area contributed by atoms with E-state index in [-0.39, 0.29) is 17.9 Å². The molecule has 1 aliphatic heterocycles. The summed E-state index contributed by atoms with van der Waals surface area (Å²) in [4.78, 5) is 12.2. The lowest BCUT2D eigenvalue weighted by Crippen LogP contribution is -2.39. The predicted molar refractivity (Wildman–Crippen MR) is 73.7 cm³/mol. The lowest BCUT2D eigenvalue weighted by Gasteiger charge is -2.29. The predicted octanol–water partition coefficient (Wildman–Crippen LogP) is 1.72. The zero-order chi connectivity index (χ0) is 13.7. The highest BCUT2D eigenvalue weighted by Gasteiger charge is 2.27. The van der Waals surface area contributed by atoms with Gasteiger partial charge in [0.15, 0.2) is 0 Å². The fourth-order valence-electron chi connectivity index (χ4n) is 3.28. The van der Waals surface area contributed by atoms with Crippen LogP contribution in [0.5, 0.6) is 0 Å². The van der Waals surface area contributed by atoms with Crippen molar-refractivity contribution >= 4 is 5.91 Å². The number of carbonyl (C=O) groups excluding carboxylic acids is 1. The van der Waals surface area contributed by atoms with Gasteiger partial charge < -0.3 is 15.2 Å². The molecule has 1 saturated heterocycles. The van der Waals surface area contributed by atoms with Crippen molar-refractivity contribution in [2.75, 3.05) is 19.8 Å². The van der Waals surface area contributed by atoms with Gasteiger partial charge in [-0.25, -0.2) is 0 Å². The third-order valence-corrected chi connectivity index (χ3v) is 4.71. The molecule has 0 spiro atoms. The molecule has 0 aromatic rings. The Labute approximate surface area is 115 Å². The number of hydrogen-bond acceptors (Lipinski definition) is 3. The van der Waals surface area contributed by atoms with Crippen LogP contribution in [0.25, 0.3) is 0 Å². The molecule has 1 aliphatic carbocycles. The Morgan fingerprint density at radius 2 is 2.05 bits per heavy atom. The summed E-state index contributed by atoms with van der Waals surface area (Å²) in [5, 5.41) is 12.7. The molecule has 1 heterocycles. The second kappa shape index (κ2) is 7.25. The van der Waals surface area contributed by atoms with Crippen LogP contribution in [0, 0.1) is 17.8 Å². The van der Waals surface area contributed by atoms with Gasteiger partial charge in [-0.15, -0.1) is 0 Å². The molecule has 4 heteroatoms. The van der Waals surface area contributed by atoms with Crippen LogP contribution in [0.15, 0.2) is 0 Å². The molecule has 1 saturated carbocycles. The van der Waals surface area contributed by atoms with E-state index in [1.807, 2.05) is 6.92 Å². The number of carbonyl (C=O) groups is 1. The van der Waals surface area contributed by atoms with Gasteiger partial charge in [0.1, 0.15) is 0 Å². The van der Waals surface area contributed by atoms with Crippen molar-refractivity contribution in [2.45, 2.75) is 51.6 Å². The lowest BCUT2D eigenvalue weighted by molar-refractivity contribution is -0.127. The van der Waals surface area contributed by atoms with Crippen LogP contribution in [0.2, 0.25) is 0 Å². The number of aliphatic hydroxyl groups is 1. The first-order valence-electron chi connectivity index (χ1n) is 7.70. The van der Waals surface area contributed by atoms with Crippen molar-refractivity contribution in [1.82, 2.24) is 5.32 Å². The van der Waals surface area contributed by atoms with E-state index in [0.717, 1.165) is 58.3 Å². The van der Waals surface area contributed by atoms with E-state index in [9.17, 15) is 9.90 Å². The van der Waals surface area contributed by atoms with E-state index in [1.54, 1.807) is 0 Å². The maximum absolute atomic E-state index is 12.2. The van der Waals surface area contributed by atoms with Crippen LogP contribution in [-0.4, -0.2) is 36.9 Å². The molecule has 0 radical (unpaired) electrons. The summed E-state index contributed by atoms with van der Waals surface area (Å²) in [7, 11) is 0. The summed E-state index contributed by atoms with van der Waals surface area (Å²) in [6.45, 7) is 4.33. The lowest BCUT2D eigenvalue weighted by atomic mass is 9.85. The SMILES string of the molecule is CC(C(=O)NCC1CCCC(O)C1)C1CCOCC1. The fraction of sp³-hybridized carbons (Fsp3) is 0.933. The minimum Gasteiger partial charge on any atom is -0.393 e. The highest BCUT2D eigenvalue weighted by atomic mass is 16.5. The van der Waals surface area contributed by atoms with Crippen LogP contribution < -0.4 is 5.32 Å². The van der Waals surface area contributed by atoms with E-state index in [0.29, 0.717) is 11.8 Å². The average Bonchev–Trinajstić information content (AvgIpc) is 2.45. The van der Waals surface area contributed by atoms with Crippen LogP contribution in [0.4, 0.5) is 0 Å². The Morgan fingerprint density at radius 3 is 2.74 bits per heavy atom. The van der Waals surface area contributed by atoms with Gasteiger partial charge in [-0.05, 0) is 43.9 Å². The van der Waals surface area contributed by atoms with Gasteiger partial charge in [0.2, 0.25) is 5.91 Å². The molecule has 2 rings (SSSR count). The van der Waals surface area contributed by atoms with Crippen molar-refractivity contribution in [2.24, 2.45) is 17.8 Å². The number of aliphatic hydroxyl groups excluding tert-OH is 1. The first-order chi connectivity index (χ1) is 9.16. The minimum atomic E-state index is -0.163. The number of nitrogens with one attached hydrogen (secondary N) is 1. The van der Waals surface area contributed by atoms with E-state index >= 15 is 0 Å². The number of hydrogen-bond donors (Lipinski definition) is 2. The summed E-state index contributed by atoms with van der Waals surface area (Å²) >= 11 is 0. The smallest absolute Gasteiger partial charge is 0.223 e. The van der Waals surface area contributed by atoms with Gasteiger partial charge in [-0.2, -0.15) is 0 Å². The Morgan fingerprint density at radius 1 is 1.32 bits per heavy atom. The zero-order valence-corrected chi connectivity index (χ0v) is 11.9. The van der Waals surface area contributed by atoms with Crippen molar-refractivity contribution in [3.63, 3.8) is 0 Å². The van der Waals surface area contributed by atoms with E-state index in [4.69, 9.17) is 4.74 Å². The molecule has 0 aromatic heterocycles. The third kappa shape index (κ3) is 4.46. The Balaban J connectivity index is 1.70. The van der Waals surface area contributed by atoms with Crippen LogP contribution in [-0.2, 0) is 9.53 Å². The zero-order valence-electron chi connectivity index (χ0n) is 11.9. The van der Waals surface area contributed by atoms with Crippen molar-refractivity contribution in [3.05, 3.63) is 0 Å².